The standard InChI is InChI=1S/C16H10Cl3N3O/c17-11-3-1-10(2-4-11)14-8-16(20-9-23)22(21-14)15-6-5-12(18)7-13(15)19/h1-9H,(H,20,23). The van der Waals surface area contributed by atoms with Crippen LogP contribution in [0.25, 0.3) is 16.9 Å². The molecule has 1 heterocycles. The summed E-state index contributed by atoms with van der Waals surface area (Å²) < 4.78 is 1.55. The largest absolute Gasteiger partial charge is 0.313 e. The molecule has 0 atom stereocenters. The number of anilines is 1. The van der Waals surface area contributed by atoms with Gasteiger partial charge in [0.25, 0.3) is 0 Å². The second-order valence-electron chi connectivity index (χ2n) is 4.69. The SMILES string of the molecule is O=CNc1cc(-c2ccc(Cl)cc2)nn1-c1ccc(Cl)cc1Cl. The van der Waals surface area contributed by atoms with Gasteiger partial charge in [-0.2, -0.15) is 5.10 Å². The highest BCUT2D eigenvalue weighted by molar-refractivity contribution is 6.35. The minimum Gasteiger partial charge on any atom is -0.313 e. The smallest absolute Gasteiger partial charge is 0.212 e. The predicted molar refractivity (Wildman–Crippen MR) is 93.7 cm³/mol. The molecule has 23 heavy (non-hydrogen) atoms. The Morgan fingerprint density at radius 3 is 2.30 bits per heavy atom. The highest BCUT2D eigenvalue weighted by Gasteiger charge is 2.13. The van der Waals surface area contributed by atoms with Crippen molar-refractivity contribution in [2.75, 3.05) is 5.32 Å². The third-order valence-electron chi connectivity index (χ3n) is 3.19. The fourth-order valence-corrected chi connectivity index (χ4v) is 2.76. The Morgan fingerprint density at radius 1 is 0.957 bits per heavy atom. The van der Waals surface area contributed by atoms with E-state index in [0.717, 1.165) is 5.56 Å². The van der Waals surface area contributed by atoms with Gasteiger partial charge in [-0.3, -0.25) is 4.79 Å². The van der Waals surface area contributed by atoms with Crippen molar-refractivity contribution in [3.8, 4) is 16.9 Å². The maximum atomic E-state index is 10.9. The molecule has 3 aromatic rings. The zero-order valence-electron chi connectivity index (χ0n) is 11.6. The van der Waals surface area contributed by atoms with Crippen LogP contribution in [0.1, 0.15) is 0 Å². The van der Waals surface area contributed by atoms with Crippen molar-refractivity contribution >= 4 is 47.0 Å². The van der Waals surface area contributed by atoms with Crippen molar-refractivity contribution in [2.24, 2.45) is 0 Å². The summed E-state index contributed by atoms with van der Waals surface area (Å²) in [5.41, 5.74) is 2.16. The summed E-state index contributed by atoms with van der Waals surface area (Å²) in [6.07, 6.45) is 0.586. The maximum Gasteiger partial charge on any atom is 0.212 e. The van der Waals surface area contributed by atoms with E-state index in [0.29, 0.717) is 38.7 Å². The van der Waals surface area contributed by atoms with Crippen LogP contribution in [-0.4, -0.2) is 16.2 Å². The number of nitrogens with one attached hydrogen (secondary N) is 1. The Balaban J connectivity index is 2.12. The number of benzene rings is 2. The lowest BCUT2D eigenvalue weighted by Crippen LogP contribution is -2.04. The first-order chi connectivity index (χ1) is 11.1. The molecular weight excluding hydrogens is 357 g/mol. The third-order valence-corrected chi connectivity index (χ3v) is 3.98. The molecule has 7 heteroatoms. The van der Waals surface area contributed by atoms with Gasteiger partial charge >= 0.3 is 0 Å². The van der Waals surface area contributed by atoms with Crippen LogP contribution in [0.3, 0.4) is 0 Å². The predicted octanol–water partition coefficient (Wildman–Crippen LogP) is 5.07. The number of rotatable bonds is 4. The summed E-state index contributed by atoms with van der Waals surface area (Å²) in [6, 6.07) is 14.1. The number of halogens is 3. The first-order valence-electron chi connectivity index (χ1n) is 6.60. The van der Waals surface area contributed by atoms with E-state index in [9.17, 15) is 4.79 Å². The lowest BCUT2D eigenvalue weighted by molar-refractivity contribution is -0.105. The van der Waals surface area contributed by atoms with Gasteiger partial charge in [-0.05, 0) is 30.3 Å². The number of carbonyl (C=O) groups is 1. The van der Waals surface area contributed by atoms with E-state index in [1.807, 2.05) is 12.1 Å². The number of aromatic nitrogens is 2. The minimum absolute atomic E-state index is 0.428. The highest BCUT2D eigenvalue weighted by atomic mass is 35.5. The molecule has 0 unspecified atom stereocenters. The Bertz CT molecular complexity index is 860. The quantitative estimate of drug-likeness (QED) is 0.655. The summed E-state index contributed by atoms with van der Waals surface area (Å²) in [5, 5.41) is 8.72. The average molecular weight is 367 g/mol. The van der Waals surface area contributed by atoms with Gasteiger partial charge in [-0.1, -0.05) is 46.9 Å². The average Bonchev–Trinajstić information content (AvgIpc) is 2.92. The normalized spacial score (nSPS) is 10.6. The summed E-state index contributed by atoms with van der Waals surface area (Å²) in [7, 11) is 0. The van der Waals surface area contributed by atoms with E-state index < -0.39 is 0 Å². The van der Waals surface area contributed by atoms with Crippen LogP contribution in [-0.2, 0) is 4.79 Å². The highest BCUT2D eigenvalue weighted by Crippen LogP contribution is 2.30. The Hall–Kier alpha value is -2.01. The molecule has 1 amide bonds. The zero-order chi connectivity index (χ0) is 16.4. The molecule has 0 spiro atoms. The molecule has 0 aliphatic rings. The lowest BCUT2D eigenvalue weighted by Gasteiger charge is -2.08. The number of hydrogen-bond acceptors (Lipinski definition) is 2. The number of amides is 1. The number of nitrogens with zero attached hydrogens (tertiary/aromatic N) is 2. The molecule has 1 aromatic heterocycles. The van der Waals surface area contributed by atoms with Gasteiger partial charge in [0.15, 0.2) is 0 Å². The van der Waals surface area contributed by atoms with Crippen molar-refractivity contribution in [1.82, 2.24) is 9.78 Å². The summed E-state index contributed by atoms with van der Waals surface area (Å²) in [5.74, 6) is 0.495. The van der Waals surface area contributed by atoms with Crippen LogP contribution in [0.4, 0.5) is 5.82 Å². The molecule has 0 aliphatic carbocycles. The first kappa shape index (κ1) is 15.9. The van der Waals surface area contributed by atoms with Gasteiger partial charge in [0.2, 0.25) is 6.41 Å². The molecule has 1 N–H and O–H groups in total. The van der Waals surface area contributed by atoms with Crippen LogP contribution in [0.15, 0.2) is 48.5 Å². The van der Waals surface area contributed by atoms with Crippen molar-refractivity contribution in [3.05, 3.63) is 63.6 Å². The van der Waals surface area contributed by atoms with Gasteiger partial charge in [0, 0.05) is 21.7 Å². The summed E-state index contributed by atoms with van der Waals surface area (Å²) >= 11 is 18.1. The third kappa shape index (κ3) is 3.34. The van der Waals surface area contributed by atoms with Gasteiger partial charge in [-0.15, -0.1) is 0 Å². The van der Waals surface area contributed by atoms with Crippen molar-refractivity contribution in [1.29, 1.82) is 0 Å². The number of carbonyl (C=O) groups excluding carboxylic acids is 1. The maximum absolute atomic E-state index is 10.9. The molecule has 0 radical (unpaired) electrons. The molecule has 2 aromatic carbocycles. The van der Waals surface area contributed by atoms with E-state index in [4.69, 9.17) is 34.8 Å². The zero-order valence-corrected chi connectivity index (χ0v) is 13.9. The van der Waals surface area contributed by atoms with Gasteiger partial charge in [0.05, 0.1) is 16.4 Å². The van der Waals surface area contributed by atoms with E-state index in [1.54, 1.807) is 41.1 Å². The fourth-order valence-electron chi connectivity index (χ4n) is 2.14. The van der Waals surface area contributed by atoms with E-state index in [-0.39, 0.29) is 0 Å². The molecule has 0 fully saturated rings. The molecule has 0 aliphatic heterocycles. The lowest BCUT2D eigenvalue weighted by atomic mass is 10.1. The van der Waals surface area contributed by atoms with Crippen LogP contribution in [0.2, 0.25) is 15.1 Å². The molecular formula is C16H10Cl3N3O. The molecule has 116 valence electrons. The molecule has 0 saturated heterocycles. The summed E-state index contributed by atoms with van der Waals surface area (Å²) in [6.45, 7) is 0. The Labute approximate surface area is 147 Å². The van der Waals surface area contributed by atoms with E-state index in [1.165, 1.54) is 0 Å². The van der Waals surface area contributed by atoms with Gasteiger partial charge < -0.3 is 5.32 Å². The van der Waals surface area contributed by atoms with Crippen LogP contribution in [0.5, 0.6) is 0 Å². The van der Waals surface area contributed by atoms with E-state index >= 15 is 0 Å². The van der Waals surface area contributed by atoms with Crippen molar-refractivity contribution in [2.45, 2.75) is 0 Å². The van der Waals surface area contributed by atoms with Crippen molar-refractivity contribution < 1.29 is 4.79 Å². The van der Waals surface area contributed by atoms with Crippen molar-refractivity contribution in [3.63, 3.8) is 0 Å². The summed E-state index contributed by atoms with van der Waals surface area (Å²) in [4.78, 5) is 10.9. The second kappa shape index (κ2) is 6.62. The fraction of sp³-hybridized carbons (Fsp3) is 0. The molecule has 0 bridgehead atoms. The topological polar surface area (TPSA) is 46.9 Å². The minimum atomic E-state index is 0.428. The van der Waals surface area contributed by atoms with E-state index in [2.05, 4.69) is 10.4 Å². The first-order valence-corrected chi connectivity index (χ1v) is 7.73. The molecule has 0 saturated carbocycles. The van der Waals surface area contributed by atoms with Crippen LogP contribution >= 0.6 is 34.8 Å². The van der Waals surface area contributed by atoms with Gasteiger partial charge in [-0.25, -0.2) is 4.68 Å². The van der Waals surface area contributed by atoms with Crippen LogP contribution in [0, 0.1) is 0 Å². The molecule has 4 nitrogen and oxygen atoms in total. The Morgan fingerprint density at radius 2 is 1.65 bits per heavy atom. The monoisotopic (exact) mass is 365 g/mol. The van der Waals surface area contributed by atoms with Gasteiger partial charge in [0.1, 0.15) is 5.82 Å². The molecule has 3 rings (SSSR count). The number of hydrogen-bond donors (Lipinski definition) is 1. The Kier molecular flexibility index (Phi) is 4.57. The second-order valence-corrected chi connectivity index (χ2v) is 5.97. The van der Waals surface area contributed by atoms with Crippen LogP contribution < -0.4 is 5.32 Å².